The summed E-state index contributed by atoms with van der Waals surface area (Å²) in [6.45, 7) is 4.22. The quantitative estimate of drug-likeness (QED) is 0.535. The van der Waals surface area contributed by atoms with E-state index in [9.17, 15) is 4.79 Å². The molecule has 0 aromatic heterocycles. The van der Waals surface area contributed by atoms with E-state index in [1.54, 1.807) is 14.0 Å². The molecular formula is C15H22O4. The van der Waals surface area contributed by atoms with Crippen LogP contribution in [0.4, 0.5) is 0 Å². The Bertz CT molecular complexity index is 364. The molecule has 106 valence electrons. The Labute approximate surface area is 114 Å². The summed E-state index contributed by atoms with van der Waals surface area (Å²) in [5, 5.41) is 0. The molecule has 0 fully saturated rings. The first-order chi connectivity index (χ1) is 9.19. The van der Waals surface area contributed by atoms with E-state index in [0.29, 0.717) is 13.0 Å². The van der Waals surface area contributed by atoms with Gasteiger partial charge in [0.05, 0.1) is 18.6 Å². The topological polar surface area (TPSA) is 44.8 Å². The molecule has 4 nitrogen and oxygen atoms in total. The van der Waals surface area contributed by atoms with Gasteiger partial charge in [-0.15, -0.1) is 0 Å². The van der Waals surface area contributed by atoms with Crippen molar-refractivity contribution in [3.8, 4) is 0 Å². The van der Waals surface area contributed by atoms with Crippen LogP contribution in [0.15, 0.2) is 30.3 Å². The van der Waals surface area contributed by atoms with Gasteiger partial charge in [0.2, 0.25) is 0 Å². The average Bonchev–Trinajstić information content (AvgIpc) is 2.43. The lowest BCUT2D eigenvalue weighted by atomic mass is 9.95. The Morgan fingerprint density at radius 3 is 2.53 bits per heavy atom. The van der Waals surface area contributed by atoms with Crippen molar-refractivity contribution >= 4 is 5.97 Å². The molecule has 19 heavy (non-hydrogen) atoms. The lowest BCUT2D eigenvalue weighted by Crippen LogP contribution is -2.32. The molecule has 1 aromatic rings. The van der Waals surface area contributed by atoms with E-state index in [4.69, 9.17) is 14.2 Å². The molecule has 0 aliphatic heterocycles. The van der Waals surface area contributed by atoms with Gasteiger partial charge >= 0.3 is 5.97 Å². The molecule has 0 heterocycles. The first kappa shape index (κ1) is 15.7. The van der Waals surface area contributed by atoms with Gasteiger partial charge in [0, 0.05) is 7.11 Å². The molecule has 0 aliphatic carbocycles. The van der Waals surface area contributed by atoms with Crippen LogP contribution in [-0.4, -0.2) is 32.6 Å². The summed E-state index contributed by atoms with van der Waals surface area (Å²) >= 11 is 0. The van der Waals surface area contributed by atoms with Gasteiger partial charge in [0.15, 0.2) is 0 Å². The fourth-order valence-corrected chi connectivity index (χ4v) is 1.85. The van der Waals surface area contributed by atoms with E-state index in [1.165, 1.54) is 0 Å². The van der Waals surface area contributed by atoms with E-state index >= 15 is 0 Å². The maximum Gasteiger partial charge on any atom is 0.311 e. The molecule has 2 atom stereocenters. The number of esters is 1. The lowest BCUT2D eigenvalue weighted by molar-refractivity contribution is -0.157. The summed E-state index contributed by atoms with van der Waals surface area (Å²) in [5.41, 5.74) is 1.09. The molecule has 0 bridgehead atoms. The molecule has 0 saturated carbocycles. The molecule has 0 aliphatic rings. The smallest absolute Gasteiger partial charge is 0.311 e. The van der Waals surface area contributed by atoms with Crippen LogP contribution in [0.1, 0.15) is 19.4 Å². The molecule has 0 amide bonds. The standard InChI is InChI=1S/C15H22O4/c1-4-18-15(16)14(12(2)19-11-17-3)10-13-8-6-5-7-9-13/h5-9,12,14H,4,10-11H2,1-3H3/t12-,14-/m1/s1. The number of benzene rings is 1. The number of hydrogen-bond donors (Lipinski definition) is 0. The second-order valence-corrected chi connectivity index (χ2v) is 4.33. The molecule has 1 aromatic carbocycles. The molecule has 1 rings (SSSR count). The Kier molecular flexibility index (Phi) is 7.15. The van der Waals surface area contributed by atoms with Crippen molar-refractivity contribution < 1.29 is 19.0 Å². The van der Waals surface area contributed by atoms with Crippen molar-refractivity contribution in [2.24, 2.45) is 5.92 Å². The Balaban J connectivity index is 2.71. The zero-order valence-corrected chi connectivity index (χ0v) is 11.8. The van der Waals surface area contributed by atoms with Gasteiger partial charge in [-0.25, -0.2) is 0 Å². The number of hydrogen-bond acceptors (Lipinski definition) is 4. The Morgan fingerprint density at radius 2 is 1.95 bits per heavy atom. The van der Waals surface area contributed by atoms with Gasteiger partial charge in [-0.3, -0.25) is 4.79 Å². The first-order valence-electron chi connectivity index (χ1n) is 6.50. The van der Waals surface area contributed by atoms with Crippen LogP contribution < -0.4 is 0 Å². The highest BCUT2D eigenvalue weighted by Gasteiger charge is 2.27. The summed E-state index contributed by atoms with van der Waals surface area (Å²) in [6.07, 6.45) is 0.351. The van der Waals surface area contributed by atoms with Crippen LogP contribution in [0.5, 0.6) is 0 Å². The number of carbonyl (C=O) groups is 1. The predicted octanol–water partition coefficient (Wildman–Crippen LogP) is 2.42. The third-order valence-corrected chi connectivity index (χ3v) is 2.90. The summed E-state index contributed by atoms with van der Waals surface area (Å²) < 4.78 is 15.5. The van der Waals surface area contributed by atoms with E-state index in [-0.39, 0.29) is 24.8 Å². The second kappa shape index (κ2) is 8.67. The molecule has 0 N–H and O–H groups in total. The van der Waals surface area contributed by atoms with E-state index in [2.05, 4.69) is 0 Å². The summed E-state index contributed by atoms with van der Waals surface area (Å²) in [5.74, 6) is -0.549. The normalized spacial score (nSPS) is 13.8. The van der Waals surface area contributed by atoms with Gasteiger partial charge in [-0.1, -0.05) is 30.3 Å². The zero-order valence-electron chi connectivity index (χ0n) is 11.8. The minimum atomic E-state index is -0.322. The Hall–Kier alpha value is -1.39. The maximum atomic E-state index is 12.0. The predicted molar refractivity (Wildman–Crippen MR) is 72.7 cm³/mol. The van der Waals surface area contributed by atoms with Crippen molar-refractivity contribution in [1.82, 2.24) is 0 Å². The highest BCUT2D eigenvalue weighted by molar-refractivity contribution is 5.73. The number of carbonyl (C=O) groups excluding carboxylic acids is 1. The number of rotatable bonds is 8. The molecule has 0 saturated heterocycles. The SMILES string of the molecule is CCOC(=O)[C@H](Cc1ccccc1)[C@@H](C)OCOC. The van der Waals surface area contributed by atoms with Crippen LogP contribution >= 0.6 is 0 Å². The van der Waals surface area contributed by atoms with Crippen molar-refractivity contribution in [2.75, 3.05) is 20.5 Å². The third-order valence-electron chi connectivity index (χ3n) is 2.90. The summed E-state index contributed by atoms with van der Waals surface area (Å²) in [4.78, 5) is 12.0. The molecule has 4 heteroatoms. The van der Waals surface area contributed by atoms with Gasteiger partial charge in [0.1, 0.15) is 6.79 Å². The van der Waals surface area contributed by atoms with Crippen molar-refractivity contribution in [1.29, 1.82) is 0 Å². The minimum absolute atomic E-state index is 0.172. The van der Waals surface area contributed by atoms with E-state index < -0.39 is 0 Å². The molecule has 0 radical (unpaired) electrons. The second-order valence-electron chi connectivity index (χ2n) is 4.33. The maximum absolute atomic E-state index is 12.0. The average molecular weight is 266 g/mol. The van der Waals surface area contributed by atoms with Gasteiger partial charge < -0.3 is 14.2 Å². The summed E-state index contributed by atoms with van der Waals surface area (Å²) in [7, 11) is 1.56. The van der Waals surface area contributed by atoms with Crippen LogP contribution in [0.2, 0.25) is 0 Å². The van der Waals surface area contributed by atoms with Gasteiger partial charge in [-0.2, -0.15) is 0 Å². The van der Waals surface area contributed by atoms with Gasteiger partial charge in [0.25, 0.3) is 0 Å². The molecular weight excluding hydrogens is 244 g/mol. The van der Waals surface area contributed by atoms with Crippen LogP contribution in [0, 0.1) is 5.92 Å². The van der Waals surface area contributed by atoms with Crippen molar-refractivity contribution in [3.63, 3.8) is 0 Å². The van der Waals surface area contributed by atoms with Crippen molar-refractivity contribution in [2.45, 2.75) is 26.4 Å². The van der Waals surface area contributed by atoms with E-state index in [1.807, 2.05) is 37.3 Å². The Morgan fingerprint density at radius 1 is 1.26 bits per heavy atom. The highest BCUT2D eigenvalue weighted by atomic mass is 16.7. The first-order valence-corrected chi connectivity index (χ1v) is 6.50. The van der Waals surface area contributed by atoms with Crippen molar-refractivity contribution in [3.05, 3.63) is 35.9 Å². The lowest BCUT2D eigenvalue weighted by Gasteiger charge is -2.22. The monoisotopic (exact) mass is 266 g/mol. The fraction of sp³-hybridized carbons (Fsp3) is 0.533. The largest absolute Gasteiger partial charge is 0.466 e. The molecule has 0 spiro atoms. The zero-order chi connectivity index (χ0) is 14.1. The summed E-state index contributed by atoms with van der Waals surface area (Å²) in [6, 6.07) is 9.86. The number of ether oxygens (including phenoxy) is 3. The minimum Gasteiger partial charge on any atom is -0.466 e. The fourth-order valence-electron chi connectivity index (χ4n) is 1.85. The van der Waals surface area contributed by atoms with Crippen LogP contribution in [0.3, 0.4) is 0 Å². The van der Waals surface area contributed by atoms with E-state index in [0.717, 1.165) is 5.56 Å². The molecule has 0 unspecified atom stereocenters. The third kappa shape index (κ3) is 5.41. The van der Waals surface area contributed by atoms with Crippen LogP contribution in [-0.2, 0) is 25.4 Å². The number of methoxy groups -OCH3 is 1. The van der Waals surface area contributed by atoms with Gasteiger partial charge in [-0.05, 0) is 25.8 Å². The van der Waals surface area contributed by atoms with Crippen LogP contribution in [0.25, 0.3) is 0 Å². The highest BCUT2D eigenvalue weighted by Crippen LogP contribution is 2.17.